The maximum atomic E-state index is 12.9. The molecule has 0 radical (unpaired) electrons. The molecule has 1 amide bonds. The molecule has 0 unspecified atom stereocenters. The number of allylic oxidation sites excluding steroid dienone is 1. The fourth-order valence-electron chi connectivity index (χ4n) is 4.90. The summed E-state index contributed by atoms with van der Waals surface area (Å²) in [6.45, 7) is -0.0714. The molecule has 172 valence electrons. The number of carbonyl (C=O) groups excluding carboxylic acids is 1. The Morgan fingerprint density at radius 1 is 1.19 bits per heavy atom. The van der Waals surface area contributed by atoms with Crippen LogP contribution in [-0.4, -0.2) is 48.6 Å². The normalized spacial score (nSPS) is 24.9. The first-order valence-electron chi connectivity index (χ1n) is 10.6. The van der Waals surface area contributed by atoms with Crippen molar-refractivity contribution in [2.24, 2.45) is 17.8 Å². The van der Waals surface area contributed by atoms with E-state index in [0.717, 1.165) is 41.0 Å². The molecule has 0 aromatic carbocycles. The number of hydrogen-bond acceptors (Lipinski definition) is 6. The van der Waals surface area contributed by atoms with Crippen molar-refractivity contribution in [1.29, 1.82) is 0 Å². The molecule has 8 nitrogen and oxygen atoms in total. The third-order valence-corrected chi connectivity index (χ3v) is 9.52. The molecular weight excluding hydrogens is 452 g/mol. The topological polar surface area (TPSA) is 115 Å². The average molecular weight is 479 g/mol. The number of carboxylic acid groups (broad SMARTS) is 1. The van der Waals surface area contributed by atoms with Crippen LogP contribution in [0.5, 0.6) is 0 Å². The van der Waals surface area contributed by atoms with E-state index < -0.39 is 16.0 Å². The van der Waals surface area contributed by atoms with Gasteiger partial charge in [0.1, 0.15) is 10.8 Å². The number of nitrogens with zero attached hydrogens (tertiary/aromatic N) is 1. The van der Waals surface area contributed by atoms with Crippen LogP contribution < -0.4 is 5.32 Å². The molecule has 2 aromatic rings. The standard InChI is InChI=1S/C22H26N2O6S2/c25-19(26)14-30-12-4-1-5-17-15-6-7-16(13-15)21(17)23-22(27)18-8-9-20(31-18)32(28,29)24-10-2-3-11-24/h1-4,8-11,15-17,21H,5-7,12-14H2,(H,23,27)(H,25,26)/b4-1-/t15-,16+,17-,21-/m0/s1. The number of carboxylic acids is 1. The summed E-state index contributed by atoms with van der Waals surface area (Å²) in [5, 5.41) is 11.8. The molecule has 2 saturated carbocycles. The Morgan fingerprint density at radius 3 is 2.69 bits per heavy atom. The number of carbonyl (C=O) groups is 2. The number of fused-ring (bicyclic) bond motifs is 2. The van der Waals surface area contributed by atoms with Crippen molar-refractivity contribution in [1.82, 2.24) is 9.29 Å². The van der Waals surface area contributed by atoms with Gasteiger partial charge in [-0.05, 0) is 67.7 Å². The maximum Gasteiger partial charge on any atom is 0.329 e. The predicted octanol–water partition coefficient (Wildman–Crippen LogP) is 2.98. The molecule has 2 aliphatic carbocycles. The van der Waals surface area contributed by atoms with Gasteiger partial charge in [-0.1, -0.05) is 12.2 Å². The highest BCUT2D eigenvalue weighted by atomic mass is 32.2. The zero-order valence-electron chi connectivity index (χ0n) is 17.4. The Kier molecular flexibility index (Phi) is 6.82. The minimum Gasteiger partial charge on any atom is -0.480 e. The van der Waals surface area contributed by atoms with Gasteiger partial charge in [-0.2, -0.15) is 8.42 Å². The first kappa shape index (κ1) is 22.8. The minimum atomic E-state index is -3.68. The molecule has 0 spiro atoms. The van der Waals surface area contributed by atoms with Crippen molar-refractivity contribution >= 4 is 33.2 Å². The van der Waals surface area contributed by atoms with Crippen LogP contribution >= 0.6 is 11.3 Å². The van der Waals surface area contributed by atoms with E-state index in [1.807, 2.05) is 12.2 Å². The second-order valence-corrected chi connectivity index (χ2v) is 11.4. The van der Waals surface area contributed by atoms with Crippen molar-refractivity contribution in [3.05, 3.63) is 53.7 Å². The number of ether oxygens (including phenoxy) is 1. The Morgan fingerprint density at radius 2 is 1.94 bits per heavy atom. The molecule has 0 saturated heterocycles. The first-order chi connectivity index (χ1) is 15.4. The second-order valence-electron chi connectivity index (χ2n) is 8.25. The van der Waals surface area contributed by atoms with Crippen LogP contribution in [0.2, 0.25) is 0 Å². The monoisotopic (exact) mass is 478 g/mol. The number of hydrogen-bond donors (Lipinski definition) is 2. The van der Waals surface area contributed by atoms with Crippen LogP contribution in [0.1, 0.15) is 35.4 Å². The fourth-order valence-corrected chi connectivity index (χ4v) is 7.39. The summed E-state index contributed by atoms with van der Waals surface area (Å²) in [7, 11) is -3.68. The second kappa shape index (κ2) is 9.60. The van der Waals surface area contributed by atoms with Gasteiger partial charge in [0.15, 0.2) is 0 Å². The van der Waals surface area contributed by atoms with E-state index in [9.17, 15) is 18.0 Å². The number of aromatic nitrogens is 1. The van der Waals surface area contributed by atoms with Crippen molar-refractivity contribution in [2.45, 2.75) is 35.9 Å². The summed E-state index contributed by atoms with van der Waals surface area (Å²) in [5.41, 5.74) is 0. The molecule has 0 aliphatic heterocycles. The van der Waals surface area contributed by atoms with Gasteiger partial charge in [0.2, 0.25) is 0 Å². The van der Waals surface area contributed by atoms with Crippen LogP contribution in [0.15, 0.2) is 53.0 Å². The lowest BCUT2D eigenvalue weighted by atomic mass is 9.82. The molecule has 2 fully saturated rings. The third kappa shape index (κ3) is 4.82. The largest absolute Gasteiger partial charge is 0.480 e. The van der Waals surface area contributed by atoms with Gasteiger partial charge in [-0.3, -0.25) is 4.79 Å². The van der Waals surface area contributed by atoms with Gasteiger partial charge in [0.05, 0.1) is 11.5 Å². The summed E-state index contributed by atoms with van der Waals surface area (Å²) >= 11 is 0.981. The lowest BCUT2D eigenvalue weighted by molar-refractivity contribution is -0.141. The first-order valence-corrected chi connectivity index (χ1v) is 12.9. The number of thiophene rings is 1. The average Bonchev–Trinajstić information content (AvgIpc) is 3.55. The lowest BCUT2D eigenvalue weighted by Gasteiger charge is -2.31. The Bertz CT molecular complexity index is 1090. The molecule has 2 heterocycles. The zero-order chi connectivity index (χ0) is 22.7. The van der Waals surface area contributed by atoms with E-state index >= 15 is 0 Å². The molecule has 32 heavy (non-hydrogen) atoms. The van der Waals surface area contributed by atoms with Crippen molar-refractivity contribution in [3.63, 3.8) is 0 Å². The lowest BCUT2D eigenvalue weighted by Crippen LogP contribution is -2.43. The van der Waals surface area contributed by atoms with E-state index in [1.165, 1.54) is 18.5 Å². The van der Waals surface area contributed by atoms with Gasteiger partial charge in [0, 0.05) is 18.4 Å². The Labute approximate surface area is 190 Å². The van der Waals surface area contributed by atoms with E-state index in [1.54, 1.807) is 18.2 Å². The SMILES string of the molecule is O=C(O)COC/C=C\C[C@H]1[C@H]2CC[C@H](C2)[C@@H]1NC(=O)c1ccc(S(=O)(=O)n2cccc2)s1. The zero-order valence-corrected chi connectivity index (χ0v) is 19.1. The van der Waals surface area contributed by atoms with Crippen LogP contribution in [0.3, 0.4) is 0 Å². The predicted molar refractivity (Wildman–Crippen MR) is 119 cm³/mol. The summed E-state index contributed by atoms with van der Waals surface area (Å²) < 4.78 is 31.6. The number of aliphatic carboxylic acids is 1. The van der Waals surface area contributed by atoms with Crippen LogP contribution in [0.4, 0.5) is 0 Å². The molecule has 2 aromatic heterocycles. The van der Waals surface area contributed by atoms with Crippen molar-refractivity contribution in [3.8, 4) is 0 Å². The fraction of sp³-hybridized carbons (Fsp3) is 0.455. The van der Waals surface area contributed by atoms with Gasteiger partial charge < -0.3 is 15.2 Å². The van der Waals surface area contributed by atoms with E-state index in [0.29, 0.717) is 22.6 Å². The smallest absolute Gasteiger partial charge is 0.329 e. The molecular formula is C22H26N2O6S2. The van der Waals surface area contributed by atoms with Crippen LogP contribution in [0, 0.1) is 17.8 Å². The highest BCUT2D eigenvalue weighted by molar-refractivity contribution is 7.92. The summed E-state index contributed by atoms with van der Waals surface area (Å²) in [5.74, 6) is 0.0838. The third-order valence-electron chi connectivity index (χ3n) is 6.31. The quantitative estimate of drug-likeness (QED) is 0.401. The number of rotatable bonds is 10. The Balaban J connectivity index is 1.38. The molecule has 2 bridgehead atoms. The van der Waals surface area contributed by atoms with Crippen LogP contribution in [0.25, 0.3) is 0 Å². The summed E-state index contributed by atoms with van der Waals surface area (Å²) in [6.07, 6.45) is 10.9. The Hall–Kier alpha value is -2.43. The van der Waals surface area contributed by atoms with Crippen LogP contribution in [-0.2, 0) is 19.6 Å². The molecule has 4 atom stereocenters. The molecule has 2 aliphatic rings. The van der Waals surface area contributed by atoms with Gasteiger partial charge in [0.25, 0.3) is 15.9 Å². The molecule has 10 heteroatoms. The van der Waals surface area contributed by atoms with E-state index in [2.05, 4.69) is 5.32 Å². The summed E-state index contributed by atoms with van der Waals surface area (Å²) in [4.78, 5) is 23.8. The minimum absolute atomic E-state index is 0.0532. The number of amides is 1. The van der Waals surface area contributed by atoms with E-state index in [4.69, 9.17) is 9.84 Å². The highest BCUT2D eigenvalue weighted by Gasteiger charge is 2.47. The van der Waals surface area contributed by atoms with Gasteiger partial charge >= 0.3 is 5.97 Å². The molecule has 4 rings (SSSR count). The molecule has 2 N–H and O–H groups in total. The maximum absolute atomic E-state index is 12.9. The number of nitrogens with one attached hydrogen (secondary N) is 1. The highest BCUT2D eigenvalue weighted by Crippen LogP contribution is 2.50. The van der Waals surface area contributed by atoms with Gasteiger partial charge in [-0.25, -0.2) is 8.77 Å². The summed E-state index contributed by atoms with van der Waals surface area (Å²) in [6, 6.07) is 6.38. The van der Waals surface area contributed by atoms with Gasteiger partial charge in [-0.15, -0.1) is 11.3 Å². The van der Waals surface area contributed by atoms with Crippen molar-refractivity contribution in [2.75, 3.05) is 13.2 Å². The van der Waals surface area contributed by atoms with E-state index in [-0.39, 0.29) is 29.4 Å². The van der Waals surface area contributed by atoms with Crippen molar-refractivity contribution < 1.29 is 27.9 Å².